The van der Waals surface area contributed by atoms with E-state index in [1.807, 2.05) is 0 Å². The topological polar surface area (TPSA) is 15.3 Å². The zero-order valence-electron chi connectivity index (χ0n) is 13.6. The molecule has 1 N–H and O–H groups in total. The maximum atomic E-state index is 3.60. The van der Waals surface area contributed by atoms with Crippen molar-refractivity contribution in [2.24, 2.45) is 11.3 Å². The fourth-order valence-electron chi connectivity index (χ4n) is 2.53. The highest BCUT2D eigenvalue weighted by atomic mass is 15.1. The Labute approximate surface area is 124 Å². The van der Waals surface area contributed by atoms with Gasteiger partial charge in [0.1, 0.15) is 0 Å². The molecule has 1 aliphatic heterocycles. The predicted molar refractivity (Wildman–Crippen MR) is 88.2 cm³/mol. The monoisotopic (exact) mass is 274 g/mol. The first-order valence-electron chi connectivity index (χ1n) is 8.04. The van der Waals surface area contributed by atoms with Crippen LogP contribution in [0.3, 0.4) is 0 Å². The first-order chi connectivity index (χ1) is 9.49. The highest BCUT2D eigenvalue weighted by molar-refractivity contribution is 5.48. The summed E-state index contributed by atoms with van der Waals surface area (Å²) < 4.78 is 0. The van der Waals surface area contributed by atoms with Crippen molar-refractivity contribution in [1.82, 2.24) is 5.32 Å². The number of hydrogen-bond acceptors (Lipinski definition) is 2. The molecule has 2 heteroatoms. The van der Waals surface area contributed by atoms with E-state index in [0.717, 1.165) is 13.1 Å². The lowest BCUT2D eigenvalue weighted by atomic mass is 9.81. The van der Waals surface area contributed by atoms with Crippen molar-refractivity contribution >= 4 is 5.69 Å². The Hall–Kier alpha value is -1.02. The van der Waals surface area contributed by atoms with Gasteiger partial charge >= 0.3 is 0 Å². The summed E-state index contributed by atoms with van der Waals surface area (Å²) in [5.74, 6) is 0.701. The largest absolute Gasteiger partial charge is 0.372 e. The molecule has 1 fully saturated rings. The second-order valence-corrected chi connectivity index (χ2v) is 7.11. The van der Waals surface area contributed by atoms with Gasteiger partial charge in [0, 0.05) is 31.9 Å². The Kier molecular flexibility index (Phi) is 5.09. The maximum Gasteiger partial charge on any atom is 0.0366 e. The molecule has 2 nitrogen and oxygen atoms in total. The van der Waals surface area contributed by atoms with Gasteiger partial charge in [0.05, 0.1) is 0 Å². The van der Waals surface area contributed by atoms with E-state index >= 15 is 0 Å². The van der Waals surface area contributed by atoms with Gasteiger partial charge in [-0.25, -0.2) is 0 Å². The summed E-state index contributed by atoms with van der Waals surface area (Å²) >= 11 is 0. The minimum Gasteiger partial charge on any atom is -0.372 e. The van der Waals surface area contributed by atoms with Gasteiger partial charge in [-0.3, -0.25) is 0 Å². The fourth-order valence-corrected chi connectivity index (χ4v) is 2.53. The molecule has 0 atom stereocenters. The number of benzene rings is 1. The molecule has 1 aromatic carbocycles. The van der Waals surface area contributed by atoms with Crippen LogP contribution < -0.4 is 10.2 Å². The molecule has 0 amide bonds. The SMILES string of the molecule is CC(C)C(C)(C)CNCc1ccc(N2CCCC2)cc1. The van der Waals surface area contributed by atoms with Crippen molar-refractivity contribution in [2.45, 2.75) is 47.1 Å². The third-order valence-corrected chi connectivity index (χ3v) is 4.88. The number of hydrogen-bond donors (Lipinski definition) is 1. The minimum absolute atomic E-state index is 0.357. The van der Waals surface area contributed by atoms with Crippen LogP contribution in [0.5, 0.6) is 0 Å². The number of anilines is 1. The van der Waals surface area contributed by atoms with Crippen molar-refractivity contribution in [2.75, 3.05) is 24.5 Å². The van der Waals surface area contributed by atoms with Crippen LogP contribution in [0.2, 0.25) is 0 Å². The number of nitrogens with one attached hydrogen (secondary N) is 1. The molecule has 0 aliphatic carbocycles. The van der Waals surface area contributed by atoms with E-state index in [-0.39, 0.29) is 0 Å². The Balaban J connectivity index is 1.82. The molecule has 1 heterocycles. The second kappa shape index (κ2) is 6.62. The average molecular weight is 274 g/mol. The van der Waals surface area contributed by atoms with Gasteiger partial charge in [0.15, 0.2) is 0 Å². The van der Waals surface area contributed by atoms with Gasteiger partial charge in [-0.05, 0) is 41.9 Å². The smallest absolute Gasteiger partial charge is 0.0366 e. The summed E-state index contributed by atoms with van der Waals surface area (Å²) in [6.45, 7) is 13.7. The Morgan fingerprint density at radius 2 is 1.70 bits per heavy atom. The molecule has 20 heavy (non-hydrogen) atoms. The van der Waals surface area contributed by atoms with Gasteiger partial charge in [0.25, 0.3) is 0 Å². The van der Waals surface area contributed by atoms with Crippen LogP contribution >= 0.6 is 0 Å². The molecule has 1 aliphatic rings. The van der Waals surface area contributed by atoms with Crippen LogP contribution in [0.25, 0.3) is 0 Å². The first-order valence-corrected chi connectivity index (χ1v) is 8.04. The lowest BCUT2D eigenvalue weighted by Gasteiger charge is -2.29. The minimum atomic E-state index is 0.357. The fraction of sp³-hybridized carbons (Fsp3) is 0.667. The summed E-state index contributed by atoms with van der Waals surface area (Å²) in [5, 5.41) is 3.60. The number of nitrogens with zero attached hydrogens (tertiary/aromatic N) is 1. The Morgan fingerprint density at radius 3 is 2.25 bits per heavy atom. The van der Waals surface area contributed by atoms with E-state index in [0.29, 0.717) is 11.3 Å². The maximum absolute atomic E-state index is 3.60. The third kappa shape index (κ3) is 3.99. The van der Waals surface area contributed by atoms with E-state index in [2.05, 4.69) is 62.2 Å². The van der Waals surface area contributed by atoms with Crippen LogP contribution in [0, 0.1) is 11.3 Å². The highest BCUT2D eigenvalue weighted by Crippen LogP contribution is 2.25. The molecule has 1 saturated heterocycles. The van der Waals surface area contributed by atoms with Crippen LogP contribution in [-0.2, 0) is 6.54 Å². The second-order valence-electron chi connectivity index (χ2n) is 7.11. The Morgan fingerprint density at radius 1 is 1.10 bits per heavy atom. The standard InChI is InChI=1S/C18H30N2/c1-15(2)18(3,4)14-19-13-16-7-9-17(10-8-16)20-11-5-6-12-20/h7-10,15,19H,5-6,11-14H2,1-4H3. The van der Waals surface area contributed by atoms with Gasteiger partial charge in [-0.1, -0.05) is 39.8 Å². The average Bonchev–Trinajstić information content (AvgIpc) is 2.93. The normalized spacial score (nSPS) is 16.1. The van der Waals surface area contributed by atoms with Gasteiger partial charge in [-0.15, -0.1) is 0 Å². The lowest BCUT2D eigenvalue weighted by Crippen LogP contribution is -2.33. The van der Waals surface area contributed by atoms with Crippen molar-refractivity contribution in [3.05, 3.63) is 29.8 Å². The molecule has 0 radical (unpaired) electrons. The summed E-state index contributed by atoms with van der Waals surface area (Å²) in [5.41, 5.74) is 3.12. The lowest BCUT2D eigenvalue weighted by molar-refractivity contribution is 0.238. The highest BCUT2D eigenvalue weighted by Gasteiger charge is 2.21. The summed E-state index contributed by atoms with van der Waals surface area (Å²) in [6.07, 6.45) is 2.68. The van der Waals surface area contributed by atoms with Crippen LogP contribution in [0.1, 0.15) is 46.1 Å². The summed E-state index contributed by atoms with van der Waals surface area (Å²) in [4.78, 5) is 2.49. The summed E-state index contributed by atoms with van der Waals surface area (Å²) in [6, 6.07) is 9.08. The van der Waals surface area contributed by atoms with E-state index in [9.17, 15) is 0 Å². The third-order valence-electron chi connectivity index (χ3n) is 4.88. The van der Waals surface area contributed by atoms with E-state index in [4.69, 9.17) is 0 Å². The summed E-state index contributed by atoms with van der Waals surface area (Å²) in [7, 11) is 0. The molecular formula is C18H30N2. The van der Waals surface area contributed by atoms with Gasteiger partial charge in [-0.2, -0.15) is 0 Å². The van der Waals surface area contributed by atoms with Crippen LogP contribution in [-0.4, -0.2) is 19.6 Å². The first kappa shape index (κ1) is 15.4. The zero-order valence-corrected chi connectivity index (χ0v) is 13.6. The molecule has 0 spiro atoms. The molecular weight excluding hydrogens is 244 g/mol. The van der Waals surface area contributed by atoms with Crippen molar-refractivity contribution < 1.29 is 0 Å². The van der Waals surface area contributed by atoms with Crippen LogP contribution in [0.15, 0.2) is 24.3 Å². The Bertz CT molecular complexity index is 400. The van der Waals surface area contributed by atoms with E-state index < -0.39 is 0 Å². The molecule has 1 aromatic rings. The molecule has 0 aromatic heterocycles. The van der Waals surface area contributed by atoms with Crippen LogP contribution in [0.4, 0.5) is 5.69 Å². The zero-order chi connectivity index (χ0) is 14.6. The van der Waals surface area contributed by atoms with Crippen molar-refractivity contribution in [1.29, 1.82) is 0 Å². The predicted octanol–water partition coefficient (Wildman–Crippen LogP) is 4.06. The van der Waals surface area contributed by atoms with Gasteiger partial charge in [0.2, 0.25) is 0 Å². The molecule has 2 rings (SSSR count). The van der Waals surface area contributed by atoms with Crippen molar-refractivity contribution in [3.63, 3.8) is 0 Å². The van der Waals surface area contributed by atoms with Gasteiger partial charge < -0.3 is 10.2 Å². The number of rotatable bonds is 6. The molecule has 0 unspecified atom stereocenters. The molecule has 0 bridgehead atoms. The quantitative estimate of drug-likeness (QED) is 0.841. The molecule has 0 saturated carbocycles. The molecule has 112 valence electrons. The van der Waals surface area contributed by atoms with E-state index in [1.54, 1.807) is 0 Å². The van der Waals surface area contributed by atoms with Crippen molar-refractivity contribution in [3.8, 4) is 0 Å². The van der Waals surface area contributed by atoms with E-state index in [1.165, 1.54) is 37.2 Å².